The third-order valence-electron chi connectivity index (χ3n) is 3.53. The van der Waals surface area contributed by atoms with Gasteiger partial charge < -0.3 is 14.8 Å². The van der Waals surface area contributed by atoms with Gasteiger partial charge in [-0.05, 0) is 24.3 Å². The minimum absolute atomic E-state index is 0.136. The lowest BCUT2D eigenvalue weighted by atomic mass is 10.3. The Kier molecular flexibility index (Phi) is 5.75. The Balaban J connectivity index is 1.65. The average molecular weight is 370 g/mol. The molecule has 1 N–H and O–H groups in total. The van der Waals surface area contributed by atoms with Gasteiger partial charge in [-0.3, -0.25) is 9.36 Å². The number of nitrogens with one attached hydrogen (secondary N) is 1. The second-order valence-corrected chi connectivity index (χ2v) is 6.20. The van der Waals surface area contributed by atoms with E-state index in [2.05, 4.69) is 15.5 Å². The number of aromatic nitrogens is 3. The Labute approximate surface area is 155 Å². The largest absolute Gasteiger partial charge is 0.497 e. The molecule has 134 valence electrons. The van der Waals surface area contributed by atoms with Crippen LogP contribution in [0.5, 0.6) is 11.5 Å². The number of benzene rings is 2. The molecule has 0 fully saturated rings. The van der Waals surface area contributed by atoms with Crippen LogP contribution in [0, 0.1) is 0 Å². The number of carbonyl (C=O) groups excluding carboxylic acids is 1. The molecule has 0 aliphatic carbocycles. The highest BCUT2D eigenvalue weighted by molar-refractivity contribution is 7.99. The minimum atomic E-state index is -0.136. The Morgan fingerprint density at radius 3 is 2.62 bits per heavy atom. The monoisotopic (exact) mass is 370 g/mol. The van der Waals surface area contributed by atoms with Crippen LogP contribution >= 0.6 is 11.8 Å². The second-order valence-electron chi connectivity index (χ2n) is 5.25. The number of carbonyl (C=O) groups is 1. The Bertz CT molecular complexity index is 897. The molecule has 0 unspecified atom stereocenters. The number of rotatable bonds is 7. The fourth-order valence-corrected chi connectivity index (χ4v) is 3.02. The van der Waals surface area contributed by atoms with Gasteiger partial charge >= 0.3 is 0 Å². The third-order valence-corrected chi connectivity index (χ3v) is 4.48. The topological polar surface area (TPSA) is 78.3 Å². The highest BCUT2D eigenvalue weighted by Crippen LogP contribution is 2.23. The molecule has 0 aliphatic rings. The zero-order valence-corrected chi connectivity index (χ0v) is 15.2. The van der Waals surface area contributed by atoms with Gasteiger partial charge in [0, 0.05) is 17.8 Å². The van der Waals surface area contributed by atoms with Gasteiger partial charge in [0.05, 0.1) is 25.7 Å². The van der Waals surface area contributed by atoms with Crippen molar-refractivity contribution in [3.05, 3.63) is 54.9 Å². The Morgan fingerprint density at radius 2 is 1.85 bits per heavy atom. The highest BCUT2D eigenvalue weighted by atomic mass is 32.2. The number of amides is 1. The number of thioether (sulfide) groups is 1. The summed E-state index contributed by atoms with van der Waals surface area (Å²) in [4.78, 5) is 12.2. The van der Waals surface area contributed by atoms with Crippen molar-refractivity contribution in [2.24, 2.45) is 0 Å². The molecule has 0 spiro atoms. The molecule has 0 bridgehead atoms. The standard InChI is InChI=1S/C18H18N4O3S/c1-24-15-7-3-5-13(9-15)20-17(23)11-26-18-21-19-12-22(18)14-6-4-8-16(10-14)25-2/h3-10,12H,11H2,1-2H3,(H,20,23). The molecule has 7 nitrogen and oxygen atoms in total. The first-order valence-electron chi connectivity index (χ1n) is 7.81. The van der Waals surface area contributed by atoms with Crippen molar-refractivity contribution in [2.45, 2.75) is 5.16 Å². The van der Waals surface area contributed by atoms with Crippen LogP contribution < -0.4 is 14.8 Å². The van der Waals surface area contributed by atoms with Gasteiger partial charge in [-0.25, -0.2) is 0 Å². The summed E-state index contributed by atoms with van der Waals surface area (Å²) in [6, 6.07) is 14.8. The third kappa shape index (κ3) is 4.34. The van der Waals surface area contributed by atoms with E-state index in [1.54, 1.807) is 26.6 Å². The zero-order valence-electron chi connectivity index (χ0n) is 14.4. The van der Waals surface area contributed by atoms with E-state index in [-0.39, 0.29) is 11.7 Å². The van der Waals surface area contributed by atoms with E-state index in [0.29, 0.717) is 16.6 Å². The van der Waals surface area contributed by atoms with Crippen molar-refractivity contribution in [3.63, 3.8) is 0 Å². The van der Waals surface area contributed by atoms with Crippen LogP contribution in [0.1, 0.15) is 0 Å². The predicted molar refractivity (Wildman–Crippen MR) is 100 cm³/mol. The van der Waals surface area contributed by atoms with Crippen LogP contribution in [0.4, 0.5) is 5.69 Å². The first-order chi connectivity index (χ1) is 12.7. The van der Waals surface area contributed by atoms with Gasteiger partial charge in [0.1, 0.15) is 17.8 Å². The Hall–Kier alpha value is -3.00. The maximum atomic E-state index is 12.2. The predicted octanol–water partition coefficient (Wildman–Crippen LogP) is 3.02. The van der Waals surface area contributed by atoms with E-state index in [1.807, 2.05) is 47.0 Å². The lowest BCUT2D eigenvalue weighted by Gasteiger charge is -2.09. The normalized spacial score (nSPS) is 10.4. The quantitative estimate of drug-likeness (QED) is 0.644. The van der Waals surface area contributed by atoms with Crippen LogP contribution in [-0.4, -0.2) is 40.6 Å². The number of hydrogen-bond donors (Lipinski definition) is 1. The van der Waals surface area contributed by atoms with Crippen LogP contribution in [-0.2, 0) is 4.79 Å². The molecule has 26 heavy (non-hydrogen) atoms. The maximum Gasteiger partial charge on any atom is 0.234 e. The van der Waals surface area contributed by atoms with Crippen molar-refractivity contribution in [1.82, 2.24) is 14.8 Å². The SMILES string of the molecule is COc1cccc(NC(=O)CSc2nncn2-c2cccc(OC)c2)c1. The number of ether oxygens (including phenoxy) is 2. The highest BCUT2D eigenvalue weighted by Gasteiger charge is 2.11. The van der Waals surface area contributed by atoms with E-state index in [9.17, 15) is 4.79 Å². The molecule has 1 heterocycles. The van der Waals surface area contributed by atoms with Crippen molar-refractivity contribution in [3.8, 4) is 17.2 Å². The summed E-state index contributed by atoms with van der Waals surface area (Å²) in [7, 11) is 3.20. The van der Waals surface area contributed by atoms with E-state index in [4.69, 9.17) is 9.47 Å². The molecule has 3 aromatic rings. The lowest BCUT2D eigenvalue weighted by Crippen LogP contribution is -2.14. The van der Waals surface area contributed by atoms with E-state index in [1.165, 1.54) is 11.8 Å². The average Bonchev–Trinajstić information content (AvgIpc) is 3.15. The summed E-state index contributed by atoms with van der Waals surface area (Å²) in [5.74, 6) is 1.50. The molecule has 2 aromatic carbocycles. The first-order valence-corrected chi connectivity index (χ1v) is 8.79. The number of methoxy groups -OCH3 is 2. The summed E-state index contributed by atoms with van der Waals surface area (Å²) in [5.41, 5.74) is 1.55. The fourth-order valence-electron chi connectivity index (χ4n) is 2.29. The summed E-state index contributed by atoms with van der Waals surface area (Å²) >= 11 is 1.30. The van der Waals surface area contributed by atoms with E-state index in [0.717, 1.165) is 11.4 Å². The zero-order chi connectivity index (χ0) is 18.4. The van der Waals surface area contributed by atoms with Gasteiger partial charge in [0.25, 0.3) is 0 Å². The van der Waals surface area contributed by atoms with Crippen molar-refractivity contribution in [1.29, 1.82) is 0 Å². The minimum Gasteiger partial charge on any atom is -0.497 e. The molecule has 1 amide bonds. The van der Waals surface area contributed by atoms with Crippen LogP contribution in [0.2, 0.25) is 0 Å². The molecule has 8 heteroatoms. The molecular formula is C18H18N4O3S. The van der Waals surface area contributed by atoms with Crippen molar-refractivity contribution in [2.75, 3.05) is 25.3 Å². The lowest BCUT2D eigenvalue weighted by molar-refractivity contribution is -0.113. The Morgan fingerprint density at radius 1 is 1.12 bits per heavy atom. The molecule has 0 saturated heterocycles. The van der Waals surface area contributed by atoms with Gasteiger partial charge in [-0.15, -0.1) is 10.2 Å². The van der Waals surface area contributed by atoms with Gasteiger partial charge in [-0.1, -0.05) is 23.9 Å². The second kappa shape index (κ2) is 8.39. The van der Waals surface area contributed by atoms with Gasteiger partial charge in [0.2, 0.25) is 5.91 Å². The molecule has 0 radical (unpaired) electrons. The van der Waals surface area contributed by atoms with Crippen LogP contribution in [0.3, 0.4) is 0 Å². The van der Waals surface area contributed by atoms with Crippen LogP contribution in [0.15, 0.2) is 60.0 Å². The van der Waals surface area contributed by atoms with Gasteiger partial charge in [-0.2, -0.15) is 0 Å². The van der Waals surface area contributed by atoms with E-state index >= 15 is 0 Å². The smallest absolute Gasteiger partial charge is 0.234 e. The molecule has 3 rings (SSSR count). The molecule has 0 aliphatic heterocycles. The number of nitrogens with zero attached hydrogens (tertiary/aromatic N) is 3. The fraction of sp³-hybridized carbons (Fsp3) is 0.167. The summed E-state index contributed by atoms with van der Waals surface area (Å²) in [6.45, 7) is 0. The van der Waals surface area contributed by atoms with E-state index < -0.39 is 0 Å². The van der Waals surface area contributed by atoms with Crippen LogP contribution in [0.25, 0.3) is 5.69 Å². The van der Waals surface area contributed by atoms with Gasteiger partial charge in [0.15, 0.2) is 5.16 Å². The summed E-state index contributed by atoms with van der Waals surface area (Å²) in [5, 5.41) is 11.5. The molecule has 0 atom stereocenters. The maximum absolute atomic E-state index is 12.2. The van der Waals surface area contributed by atoms with Crippen molar-refractivity contribution < 1.29 is 14.3 Å². The molecule has 0 saturated carbocycles. The summed E-state index contributed by atoms with van der Waals surface area (Å²) < 4.78 is 12.2. The number of anilines is 1. The molecular weight excluding hydrogens is 352 g/mol. The number of hydrogen-bond acceptors (Lipinski definition) is 6. The van der Waals surface area contributed by atoms with Crippen molar-refractivity contribution >= 4 is 23.4 Å². The molecule has 1 aromatic heterocycles. The first kappa shape index (κ1) is 17.8. The summed E-state index contributed by atoms with van der Waals surface area (Å²) in [6.07, 6.45) is 1.61.